The molecule has 0 radical (unpaired) electrons. The van der Waals surface area contributed by atoms with Crippen molar-refractivity contribution in [2.24, 2.45) is 0 Å². The summed E-state index contributed by atoms with van der Waals surface area (Å²) in [7, 11) is 0. The number of rotatable bonds is 5. The number of piperazine rings is 1. The van der Waals surface area contributed by atoms with Gasteiger partial charge in [0.15, 0.2) is 11.6 Å². The molecule has 1 aliphatic rings. The highest BCUT2D eigenvalue weighted by molar-refractivity contribution is 5.99. The van der Waals surface area contributed by atoms with Crippen molar-refractivity contribution < 1.29 is 27.1 Å². The Hall–Kier alpha value is -4.45. The van der Waals surface area contributed by atoms with Gasteiger partial charge in [0.05, 0.1) is 22.8 Å². The molecule has 0 spiro atoms. The van der Waals surface area contributed by atoms with E-state index in [4.69, 9.17) is 4.74 Å². The van der Waals surface area contributed by atoms with E-state index < -0.39 is 23.6 Å². The number of fused-ring (bicyclic) bond motifs is 1. The van der Waals surface area contributed by atoms with Crippen molar-refractivity contribution in [3.63, 3.8) is 0 Å². The minimum absolute atomic E-state index is 0.0478. The van der Waals surface area contributed by atoms with E-state index in [0.29, 0.717) is 16.8 Å². The number of aromatic nitrogens is 2. The highest BCUT2D eigenvalue weighted by Gasteiger charge is 2.30. The van der Waals surface area contributed by atoms with Crippen molar-refractivity contribution >= 4 is 34.3 Å². The molecule has 0 saturated carbocycles. The van der Waals surface area contributed by atoms with Crippen LogP contribution in [0.3, 0.4) is 0 Å². The highest BCUT2D eigenvalue weighted by Crippen LogP contribution is 2.31. The maximum absolute atomic E-state index is 14.5. The first kappa shape index (κ1) is 25.2. The van der Waals surface area contributed by atoms with E-state index in [9.17, 15) is 22.4 Å². The topological polar surface area (TPSA) is 91.4 Å². The van der Waals surface area contributed by atoms with Crippen molar-refractivity contribution in [1.82, 2.24) is 15.3 Å². The Labute approximate surface area is 214 Å². The number of amides is 2. The number of hydrogen-bond acceptors (Lipinski definition) is 6. The van der Waals surface area contributed by atoms with Gasteiger partial charge in [0.1, 0.15) is 11.6 Å². The van der Waals surface area contributed by atoms with Crippen LogP contribution < -0.4 is 25.6 Å². The lowest BCUT2D eigenvalue weighted by Crippen LogP contribution is -2.43. The third-order valence-corrected chi connectivity index (χ3v) is 5.81. The SMILES string of the molecule is O=C(Nc1cccc(C(F)(F)F)c1)Nc1ccc(F)c(Oc2ccc3ncc(N4CCNCC4)nc3c2)c1. The quantitative estimate of drug-likeness (QED) is 0.292. The van der Waals surface area contributed by atoms with Crippen LogP contribution in [0.1, 0.15) is 5.56 Å². The summed E-state index contributed by atoms with van der Waals surface area (Å²) in [5.74, 6) is 0.219. The number of halogens is 4. The zero-order chi connectivity index (χ0) is 26.7. The summed E-state index contributed by atoms with van der Waals surface area (Å²) >= 11 is 0. The number of hydrogen-bond donors (Lipinski definition) is 3. The average molecular weight is 526 g/mol. The highest BCUT2D eigenvalue weighted by atomic mass is 19.4. The van der Waals surface area contributed by atoms with Crippen molar-refractivity contribution in [1.29, 1.82) is 0 Å². The molecule has 38 heavy (non-hydrogen) atoms. The second kappa shape index (κ2) is 10.5. The molecule has 0 unspecified atom stereocenters. The van der Waals surface area contributed by atoms with Gasteiger partial charge in [0.25, 0.3) is 0 Å². The monoisotopic (exact) mass is 526 g/mol. The van der Waals surface area contributed by atoms with Gasteiger partial charge in [-0.3, -0.25) is 4.98 Å². The van der Waals surface area contributed by atoms with Crippen LogP contribution in [0.5, 0.6) is 11.5 Å². The van der Waals surface area contributed by atoms with Gasteiger partial charge in [-0.05, 0) is 42.5 Å². The molecule has 1 saturated heterocycles. The van der Waals surface area contributed by atoms with Crippen LogP contribution >= 0.6 is 0 Å². The lowest BCUT2D eigenvalue weighted by Gasteiger charge is -2.28. The molecule has 2 amide bonds. The number of ether oxygens (including phenoxy) is 1. The third kappa shape index (κ3) is 5.92. The first-order chi connectivity index (χ1) is 18.2. The van der Waals surface area contributed by atoms with Crippen LogP contribution in [0.2, 0.25) is 0 Å². The Kier molecular flexibility index (Phi) is 6.97. The number of carbonyl (C=O) groups is 1. The third-order valence-electron chi connectivity index (χ3n) is 5.81. The van der Waals surface area contributed by atoms with Gasteiger partial charge in [-0.15, -0.1) is 0 Å². The van der Waals surface area contributed by atoms with Gasteiger partial charge in [0.2, 0.25) is 0 Å². The molecule has 0 aliphatic carbocycles. The summed E-state index contributed by atoms with van der Waals surface area (Å²) in [6, 6.07) is 12.1. The summed E-state index contributed by atoms with van der Waals surface area (Å²) in [5.41, 5.74) is 0.459. The second-order valence-corrected chi connectivity index (χ2v) is 8.52. The van der Waals surface area contributed by atoms with Crippen LogP contribution in [0.4, 0.5) is 39.5 Å². The van der Waals surface area contributed by atoms with Crippen molar-refractivity contribution in [2.45, 2.75) is 6.18 Å². The molecular weight excluding hydrogens is 504 g/mol. The van der Waals surface area contributed by atoms with Gasteiger partial charge in [-0.2, -0.15) is 13.2 Å². The van der Waals surface area contributed by atoms with Crippen LogP contribution in [0.25, 0.3) is 11.0 Å². The Balaban J connectivity index is 1.30. The Morgan fingerprint density at radius 2 is 1.71 bits per heavy atom. The van der Waals surface area contributed by atoms with Crippen molar-refractivity contribution in [3.8, 4) is 11.5 Å². The molecule has 0 bridgehead atoms. The summed E-state index contributed by atoms with van der Waals surface area (Å²) in [6.45, 7) is 3.32. The first-order valence-electron chi connectivity index (χ1n) is 11.7. The van der Waals surface area contributed by atoms with Crippen LogP contribution in [-0.4, -0.2) is 42.2 Å². The lowest BCUT2D eigenvalue weighted by atomic mass is 10.2. The maximum Gasteiger partial charge on any atom is 0.416 e. The van der Waals surface area contributed by atoms with E-state index in [1.54, 1.807) is 24.4 Å². The van der Waals surface area contributed by atoms with E-state index in [1.807, 2.05) is 0 Å². The number of nitrogens with zero attached hydrogens (tertiary/aromatic N) is 3. The Bertz CT molecular complexity index is 1470. The van der Waals surface area contributed by atoms with Crippen molar-refractivity contribution in [3.05, 3.63) is 78.2 Å². The zero-order valence-corrected chi connectivity index (χ0v) is 19.8. The number of urea groups is 1. The molecule has 3 aromatic carbocycles. The fourth-order valence-electron chi connectivity index (χ4n) is 3.94. The molecule has 12 heteroatoms. The lowest BCUT2D eigenvalue weighted by molar-refractivity contribution is -0.137. The summed E-state index contributed by atoms with van der Waals surface area (Å²) < 4.78 is 59.0. The summed E-state index contributed by atoms with van der Waals surface area (Å²) in [5, 5.41) is 8.08. The van der Waals surface area contributed by atoms with E-state index in [0.717, 1.165) is 50.2 Å². The summed E-state index contributed by atoms with van der Waals surface area (Å²) in [6.07, 6.45) is -2.83. The normalized spacial score (nSPS) is 13.8. The second-order valence-electron chi connectivity index (χ2n) is 8.52. The number of alkyl halides is 3. The number of benzene rings is 3. The fourth-order valence-corrected chi connectivity index (χ4v) is 3.94. The average Bonchev–Trinajstić information content (AvgIpc) is 2.90. The van der Waals surface area contributed by atoms with E-state index in [2.05, 4.69) is 30.8 Å². The molecule has 3 N–H and O–H groups in total. The molecular formula is C26H22F4N6O2. The van der Waals surface area contributed by atoms with Crippen LogP contribution in [-0.2, 0) is 6.18 Å². The van der Waals surface area contributed by atoms with Gasteiger partial charge in [-0.25, -0.2) is 14.2 Å². The number of nitrogens with one attached hydrogen (secondary N) is 3. The molecule has 5 rings (SSSR count). The number of anilines is 3. The maximum atomic E-state index is 14.5. The first-order valence-corrected chi connectivity index (χ1v) is 11.7. The van der Waals surface area contributed by atoms with Gasteiger partial charge in [0, 0.05) is 49.7 Å². The Morgan fingerprint density at radius 1 is 0.947 bits per heavy atom. The van der Waals surface area contributed by atoms with Gasteiger partial charge >= 0.3 is 12.2 Å². The molecule has 196 valence electrons. The Morgan fingerprint density at radius 3 is 2.47 bits per heavy atom. The fraction of sp³-hybridized carbons (Fsp3) is 0.192. The van der Waals surface area contributed by atoms with E-state index in [1.165, 1.54) is 24.3 Å². The van der Waals surface area contributed by atoms with Gasteiger partial charge < -0.3 is 25.6 Å². The molecule has 1 aromatic heterocycles. The van der Waals surface area contributed by atoms with Crippen LogP contribution in [0, 0.1) is 5.82 Å². The molecule has 4 aromatic rings. The van der Waals surface area contributed by atoms with E-state index in [-0.39, 0.29) is 17.1 Å². The zero-order valence-electron chi connectivity index (χ0n) is 19.8. The van der Waals surface area contributed by atoms with Gasteiger partial charge in [-0.1, -0.05) is 6.07 Å². The number of carbonyl (C=O) groups excluding carboxylic acids is 1. The molecule has 2 heterocycles. The molecule has 8 nitrogen and oxygen atoms in total. The molecule has 1 fully saturated rings. The predicted octanol–water partition coefficient (Wildman–Crippen LogP) is 5.63. The van der Waals surface area contributed by atoms with Crippen LogP contribution in [0.15, 0.2) is 66.9 Å². The smallest absolute Gasteiger partial charge is 0.416 e. The minimum Gasteiger partial charge on any atom is -0.454 e. The predicted molar refractivity (Wildman–Crippen MR) is 135 cm³/mol. The standard InChI is InChI=1S/C26H22F4N6O2/c27-20-6-4-18(34-25(37)33-17-3-1-2-16(12-17)26(28,29)30)13-23(20)38-19-5-7-21-22(14-19)35-24(15-32-21)36-10-8-31-9-11-36/h1-7,12-15,31H,8-11H2,(H2,33,34,37). The van der Waals surface area contributed by atoms with Crippen molar-refractivity contribution in [2.75, 3.05) is 41.7 Å². The summed E-state index contributed by atoms with van der Waals surface area (Å²) in [4.78, 5) is 23.6. The molecule has 1 aliphatic heterocycles. The largest absolute Gasteiger partial charge is 0.454 e. The van der Waals surface area contributed by atoms with E-state index >= 15 is 0 Å². The molecule has 0 atom stereocenters. The minimum atomic E-state index is -4.54.